The molecule has 0 spiro atoms. The standard InChI is InChI=1S/C13H17O6PS/c1-3-17-20(14,18-4-2)19-12-9-10-21(15,16)13-8-6-5-7-11(12)13/h5-9H,3-4,10H2,1-2H3. The molecule has 0 aromatic heterocycles. The maximum absolute atomic E-state index is 12.4. The topological polar surface area (TPSA) is 78.9 Å². The fourth-order valence-corrected chi connectivity index (χ4v) is 4.51. The number of sulfone groups is 1. The summed E-state index contributed by atoms with van der Waals surface area (Å²) in [4.78, 5) is 0.155. The summed E-state index contributed by atoms with van der Waals surface area (Å²) in [7, 11) is -7.13. The van der Waals surface area contributed by atoms with Crippen molar-refractivity contribution in [1.29, 1.82) is 0 Å². The minimum Gasteiger partial charge on any atom is -0.404 e. The molecule has 6 nitrogen and oxygen atoms in total. The molecule has 2 rings (SSSR count). The summed E-state index contributed by atoms with van der Waals surface area (Å²) in [6.45, 7) is 3.65. The Hall–Kier alpha value is -1.14. The van der Waals surface area contributed by atoms with Gasteiger partial charge in [0.2, 0.25) is 0 Å². The SMILES string of the molecule is CCOP(=O)(OCC)OC1=CCS(=O)(=O)c2ccccc21. The van der Waals surface area contributed by atoms with Crippen molar-refractivity contribution >= 4 is 23.4 Å². The first-order chi connectivity index (χ1) is 9.92. The summed E-state index contributed by atoms with van der Waals surface area (Å²) >= 11 is 0. The van der Waals surface area contributed by atoms with Crippen molar-refractivity contribution in [3.63, 3.8) is 0 Å². The third-order valence-corrected chi connectivity index (χ3v) is 5.96. The van der Waals surface area contributed by atoms with Gasteiger partial charge in [0.1, 0.15) is 5.76 Å². The van der Waals surface area contributed by atoms with E-state index in [0.717, 1.165) is 0 Å². The fraction of sp³-hybridized carbons (Fsp3) is 0.385. The van der Waals surface area contributed by atoms with Crippen molar-refractivity contribution in [2.24, 2.45) is 0 Å². The maximum atomic E-state index is 12.4. The monoisotopic (exact) mass is 332 g/mol. The second-order valence-corrected chi connectivity index (χ2v) is 7.82. The van der Waals surface area contributed by atoms with E-state index in [4.69, 9.17) is 13.6 Å². The molecule has 1 aliphatic heterocycles. The van der Waals surface area contributed by atoms with Crippen LogP contribution < -0.4 is 0 Å². The molecule has 0 radical (unpaired) electrons. The number of phosphoric ester groups is 1. The van der Waals surface area contributed by atoms with Gasteiger partial charge in [-0.2, -0.15) is 0 Å². The lowest BCUT2D eigenvalue weighted by Gasteiger charge is -2.22. The zero-order valence-corrected chi connectivity index (χ0v) is 13.5. The molecule has 21 heavy (non-hydrogen) atoms. The van der Waals surface area contributed by atoms with E-state index in [2.05, 4.69) is 0 Å². The lowest BCUT2D eigenvalue weighted by molar-refractivity contribution is 0.159. The molecule has 1 aromatic rings. The van der Waals surface area contributed by atoms with Crippen LogP contribution in [0.3, 0.4) is 0 Å². The van der Waals surface area contributed by atoms with Crippen molar-refractivity contribution in [2.45, 2.75) is 18.7 Å². The van der Waals surface area contributed by atoms with Crippen LogP contribution in [0.5, 0.6) is 0 Å². The minimum absolute atomic E-state index is 0.155. The lowest BCUT2D eigenvalue weighted by atomic mass is 10.2. The van der Waals surface area contributed by atoms with Crippen LogP contribution in [-0.4, -0.2) is 27.4 Å². The molecule has 1 aliphatic rings. The van der Waals surface area contributed by atoms with E-state index in [0.29, 0.717) is 5.56 Å². The predicted octanol–water partition coefficient (Wildman–Crippen LogP) is 3.01. The smallest absolute Gasteiger partial charge is 0.404 e. The zero-order valence-electron chi connectivity index (χ0n) is 11.8. The average Bonchev–Trinajstić information content (AvgIpc) is 2.43. The first-order valence-electron chi connectivity index (χ1n) is 6.53. The first-order valence-corrected chi connectivity index (χ1v) is 9.64. The third kappa shape index (κ3) is 3.55. The van der Waals surface area contributed by atoms with Gasteiger partial charge in [0, 0.05) is 5.56 Å². The number of benzene rings is 1. The van der Waals surface area contributed by atoms with Crippen LogP contribution in [0.15, 0.2) is 35.2 Å². The van der Waals surface area contributed by atoms with Gasteiger partial charge in [0.15, 0.2) is 9.84 Å². The Morgan fingerprint density at radius 2 is 1.76 bits per heavy atom. The summed E-state index contributed by atoms with van der Waals surface area (Å²) in [5.74, 6) is -0.0110. The van der Waals surface area contributed by atoms with E-state index in [1.54, 1.807) is 32.0 Å². The minimum atomic E-state index is -3.75. The molecule has 8 heteroatoms. The van der Waals surface area contributed by atoms with E-state index in [9.17, 15) is 13.0 Å². The molecule has 0 N–H and O–H groups in total. The lowest BCUT2D eigenvalue weighted by Crippen LogP contribution is -2.14. The first kappa shape index (κ1) is 16.2. The van der Waals surface area contributed by atoms with Crippen molar-refractivity contribution < 1.29 is 26.6 Å². The summed E-state index contributed by atoms with van der Waals surface area (Å²) in [6.07, 6.45) is 1.38. The second kappa shape index (κ2) is 6.32. The van der Waals surface area contributed by atoms with E-state index < -0.39 is 17.7 Å². The molecule has 116 valence electrons. The van der Waals surface area contributed by atoms with Crippen LogP contribution >= 0.6 is 7.82 Å². The van der Waals surface area contributed by atoms with Crippen molar-refractivity contribution in [3.8, 4) is 0 Å². The van der Waals surface area contributed by atoms with Crippen LogP contribution in [-0.2, 0) is 28.0 Å². The molecule has 0 unspecified atom stereocenters. The Bertz CT molecular complexity index is 684. The summed E-state index contributed by atoms with van der Waals surface area (Å²) in [5, 5.41) is 0. The van der Waals surface area contributed by atoms with E-state index in [-0.39, 0.29) is 29.6 Å². The molecule has 0 bridgehead atoms. The van der Waals surface area contributed by atoms with Crippen LogP contribution in [0.2, 0.25) is 0 Å². The Morgan fingerprint density at radius 3 is 2.38 bits per heavy atom. The van der Waals surface area contributed by atoms with Gasteiger partial charge < -0.3 is 4.52 Å². The Kier molecular flexibility index (Phi) is 4.88. The number of fused-ring (bicyclic) bond motifs is 1. The molecule has 1 heterocycles. The van der Waals surface area contributed by atoms with Gasteiger partial charge in [-0.1, -0.05) is 12.1 Å². The van der Waals surface area contributed by atoms with Gasteiger partial charge in [-0.05, 0) is 32.1 Å². The fourth-order valence-electron chi connectivity index (χ4n) is 1.94. The second-order valence-electron chi connectivity index (χ2n) is 4.22. The number of rotatable bonds is 6. The molecule has 1 aromatic carbocycles. The molecule has 0 saturated carbocycles. The normalized spacial score (nSPS) is 17.0. The Labute approximate surface area is 124 Å². The number of phosphoric acid groups is 1. The van der Waals surface area contributed by atoms with Gasteiger partial charge in [-0.3, -0.25) is 9.05 Å². The summed E-state index contributed by atoms with van der Waals surface area (Å²) < 4.78 is 51.9. The number of hydrogen-bond acceptors (Lipinski definition) is 6. The molecule has 0 fully saturated rings. The zero-order chi connectivity index (χ0) is 15.5. The van der Waals surface area contributed by atoms with Gasteiger partial charge >= 0.3 is 7.82 Å². The molecule has 0 amide bonds. The largest absolute Gasteiger partial charge is 0.530 e. The van der Waals surface area contributed by atoms with Crippen LogP contribution in [0.4, 0.5) is 0 Å². The van der Waals surface area contributed by atoms with Gasteiger partial charge in [0.05, 0.1) is 23.9 Å². The van der Waals surface area contributed by atoms with Crippen molar-refractivity contribution in [3.05, 3.63) is 35.9 Å². The van der Waals surface area contributed by atoms with Crippen molar-refractivity contribution in [2.75, 3.05) is 19.0 Å². The Morgan fingerprint density at radius 1 is 1.14 bits per heavy atom. The van der Waals surface area contributed by atoms with Crippen LogP contribution in [0.25, 0.3) is 5.76 Å². The highest BCUT2D eigenvalue weighted by atomic mass is 32.2. The van der Waals surface area contributed by atoms with E-state index in [1.165, 1.54) is 12.1 Å². The summed E-state index contributed by atoms with van der Waals surface area (Å²) in [6, 6.07) is 6.40. The highest BCUT2D eigenvalue weighted by Gasteiger charge is 2.33. The quantitative estimate of drug-likeness (QED) is 0.745. The summed E-state index contributed by atoms with van der Waals surface area (Å²) in [5.41, 5.74) is 0.364. The molecular weight excluding hydrogens is 315 g/mol. The van der Waals surface area contributed by atoms with Gasteiger partial charge in [-0.25, -0.2) is 13.0 Å². The molecule has 0 atom stereocenters. The van der Waals surface area contributed by atoms with Crippen molar-refractivity contribution in [1.82, 2.24) is 0 Å². The van der Waals surface area contributed by atoms with Gasteiger partial charge in [-0.15, -0.1) is 0 Å². The highest BCUT2D eigenvalue weighted by molar-refractivity contribution is 7.91. The van der Waals surface area contributed by atoms with Crippen LogP contribution in [0, 0.1) is 0 Å². The predicted molar refractivity (Wildman–Crippen MR) is 78.4 cm³/mol. The average molecular weight is 332 g/mol. The molecular formula is C13H17O6PS. The van der Waals surface area contributed by atoms with E-state index >= 15 is 0 Å². The highest BCUT2D eigenvalue weighted by Crippen LogP contribution is 2.53. The third-order valence-electron chi connectivity index (χ3n) is 2.76. The van der Waals surface area contributed by atoms with Gasteiger partial charge in [0.25, 0.3) is 0 Å². The van der Waals surface area contributed by atoms with E-state index in [1.807, 2.05) is 0 Å². The molecule has 0 aliphatic carbocycles. The Balaban J connectivity index is 2.38. The maximum Gasteiger partial charge on any atom is 0.530 e. The molecule has 0 saturated heterocycles. The number of hydrogen-bond donors (Lipinski definition) is 0. The van der Waals surface area contributed by atoms with Crippen LogP contribution in [0.1, 0.15) is 19.4 Å².